The van der Waals surface area contributed by atoms with Crippen molar-refractivity contribution in [2.75, 3.05) is 7.11 Å². The number of hydrogen-bond donors (Lipinski definition) is 0. The maximum absolute atomic E-state index is 12.2. The van der Waals surface area contributed by atoms with Crippen LogP contribution in [-0.4, -0.2) is 13.2 Å². The number of halogens is 2. The Morgan fingerprint density at radius 1 is 0.889 bits per heavy atom. The van der Waals surface area contributed by atoms with Gasteiger partial charge in [0.2, 0.25) is 0 Å². The van der Waals surface area contributed by atoms with Gasteiger partial charge in [-0.2, -0.15) is 8.78 Å². The fraction of sp³-hybridized carbons (Fsp3) is 0.867. The molecule has 2 saturated carbocycles. The maximum Gasteiger partial charge on any atom is 0.266 e. The lowest BCUT2D eigenvalue weighted by molar-refractivity contribution is 0.0404. The van der Waals surface area contributed by atoms with Crippen molar-refractivity contribution in [3.63, 3.8) is 0 Å². The average Bonchev–Trinajstić information content (AvgIpc) is 2.39. The van der Waals surface area contributed by atoms with Crippen molar-refractivity contribution in [3.05, 3.63) is 12.2 Å². The van der Waals surface area contributed by atoms with Gasteiger partial charge in [-0.3, -0.25) is 0 Å². The Balaban J connectivity index is 1.75. The van der Waals surface area contributed by atoms with Crippen molar-refractivity contribution in [2.45, 2.75) is 57.5 Å². The molecule has 3 heteroatoms. The molecule has 18 heavy (non-hydrogen) atoms. The molecule has 0 atom stereocenters. The Hall–Kier alpha value is -0.440. The molecule has 0 aromatic heterocycles. The summed E-state index contributed by atoms with van der Waals surface area (Å²) in [6.45, 7) is 0. The molecule has 2 aliphatic carbocycles. The van der Waals surface area contributed by atoms with Crippen LogP contribution in [0.15, 0.2) is 12.2 Å². The first kappa shape index (κ1) is 14.0. The topological polar surface area (TPSA) is 9.23 Å². The molecule has 0 amide bonds. The van der Waals surface area contributed by atoms with Gasteiger partial charge in [-0.05, 0) is 75.2 Å². The van der Waals surface area contributed by atoms with Crippen LogP contribution in [0.25, 0.3) is 0 Å². The Kier molecular flexibility index (Phi) is 5.16. The van der Waals surface area contributed by atoms with Crippen molar-refractivity contribution < 1.29 is 13.5 Å². The van der Waals surface area contributed by atoms with Crippen LogP contribution in [0.1, 0.15) is 51.4 Å². The van der Waals surface area contributed by atoms with Gasteiger partial charge in [-0.25, -0.2) is 0 Å². The highest BCUT2D eigenvalue weighted by atomic mass is 19.3. The second-order valence-corrected chi connectivity index (χ2v) is 5.90. The van der Waals surface area contributed by atoms with E-state index >= 15 is 0 Å². The van der Waals surface area contributed by atoms with Crippen LogP contribution in [0.2, 0.25) is 0 Å². The van der Waals surface area contributed by atoms with Crippen molar-refractivity contribution in [1.29, 1.82) is 0 Å². The van der Waals surface area contributed by atoms with E-state index in [1.54, 1.807) is 7.11 Å². The quantitative estimate of drug-likeness (QED) is 0.708. The molecule has 0 aromatic rings. The van der Waals surface area contributed by atoms with Crippen molar-refractivity contribution in [1.82, 2.24) is 0 Å². The minimum absolute atomic E-state index is 0.126. The second kappa shape index (κ2) is 6.65. The zero-order valence-electron chi connectivity index (χ0n) is 11.2. The summed E-state index contributed by atoms with van der Waals surface area (Å²) >= 11 is 0. The summed E-state index contributed by atoms with van der Waals surface area (Å²) in [5.41, 5.74) is 0. The molecular formula is C15H24F2O. The van der Waals surface area contributed by atoms with Crippen molar-refractivity contribution in [3.8, 4) is 0 Å². The molecule has 2 fully saturated rings. The summed E-state index contributed by atoms with van der Waals surface area (Å²) in [6, 6.07) is 0. The monoisotopic (exact) mass is 258 g/mol. The van der Waals surface area contributed by atoms with Crippen molar-refractivity contribution in [2.24, 2.45) is 17.8 Å². The average molecular weight is 258 g/mol. The molecule has 0 unspecified atom stereocenters. The zero-order chi connectivity index (χ0) is 13.0. The van der Waals surface area contributed by atoms with Gasteiger partial charge < -0.3 is 4.74 Å². The lowest BCUT2D eigenvalue weighted by Crippen LogP contribution is -2.27. The molecule has 0 spiro atoms. The highest BCUT2D eigenvalue weighted by molar-refractivity contribution is 4.92. The van der Waals surface area contributed by atoms with E-state index in [0.29, 0.717) is 6.10 Å². The fourth-order valence-corrected chi connectivity index (χ4v) is 3.76. The summed E-state index contributed by atoms with van der Waals surface area (Å²) in [4.78, 5) is 0. The summed E-state index contributed by atoms with van der Waals surface area (Å²) < 4.78 is 29.8. The van der Waals surface area contributed by atoms with Gasteiger partial charge in [0.05, 0.1) is 6.10 Å². The van der Waals surface area contributed by atoms with E-state index in [2.05, 4.69) is 0 Å². The summed E-state index contributed by atoms with van der Waals surface area (Å²) in [6.07, 6.45) is 9.19. The van der Waals surface area contributed by atoms with E-state index in [1.165, 1.54) is 25.7 Å². The van der Waals surface area contributed by atoms with Gasteiger partial charge in [-0.15, -0.1) is 0 Å². The molecule has 2 aliphatic rings. The van der Waals surface area contributed by atoms with E-state index in [9.17, 15) is 8.78 Å². The van der Waals surface area contributed by atoms with E-state index < -0.39 is 6.08 Å². The first-order valence-corrected chi connectivity index (χ1v) is 7.24. The highest BCUT2D eigenvalue weighted by Crippen LogP contribution is 2.40. The standard InChI is InChI=1S/C15H24F2O/c1-18-14-8-6-13(7-9-14)12-4-2-11(3-5-12)10-15(16)17/h10-14H,2-9H2,1H3. The predicted octanol–water partition coefficient (Wildman–Crippen LogP) is 4.78. The van der Waals surface area contributed by atoms with Crippen LogP contribution < -0.4 is 0 Å². The van der Waals surface area contributed by atoms with Crippen LogP contribution in [0.3, 0.4) is 0 Å². The van der Waals surface area contributed by atoms with Crippen LogP contribution in [0, 0.1) is 17.8 Å². The maximum atomic E-state index is 12.2. The SMILES string of the molecule is COC1CCC(C2CCC(C=C(F)F)CC2)CC1. The van der Waals surface area contributed by atoms with Gasteiger partial charge in [0.15, 0.2) is 0 Å². The van der Waals surface area contributed by atoms with Gasteiger partial charge in [-0.1, -0.05) is 0 Å². The number of rotatable bonds is 3. The van der Waals surface area contributed by atoms with Gasteiger partial charge in [0.1, 0.15) is 0 Å². The number of allylic oxidation sites excluding steroid dienone is 1. The van der Waals surface area contributed by atoms with Crippen molar-refractivity contribution >= 4 is 0 Å². The largest absolute Gasteiger partial charge is 0.381 e. The molecule has 0 saturated heterocycles. The predicted molar refractivity (Wildman–Crippen MR) is 68.5 cm³/mol. The Morgan fingerprint density at radius 3 is 1.83 bits per heavy atom. The van der Waals surface area contributed by atoms with Gasteiger partial charge in [0, 0.05) is 7.11 Å². The third kappa shape index (κ3) is 3.78. The molecule has 1 nitrogen and oxygen atoms in total. The molecule has 0 N–H and O–H groups in total. The molecule has 104 valence electrons. The molecule has 0 heterocycles. The highest BCUT2D eigenvalue weighted by Gasteiger charge is 2.30. The lowest BCUT2D eigenvalue weighted by atomic mass is 9.70. The summed E-state index contributed by atoms with van der Waals surface area (Å²) in [5.74, 6) is 1.72. The van der Waals surface area contributed by atoms with E-state index in [1.807, 2.05) is 0 Å². The molecule has 0 radical (unpaired) electrons. The van der Waals surface area contributed by atoms with Crippen LogP contribution in [0.5, 0.6) is 0 Å². The number of methoxy groups -OCH3 is 1. The summed E-state index contributed by atoms with van der Waals surface area (Å²) in [5, 5.41) is 0. The molecule has 2 rings (SSSR count). The van der Waals surface area contributed by atoms with Crippen LogP contribution >= 0.6 is 0 Å². The number of ether oxygens (including phenoxy) is 1. The number of hydrogen-bond acceptors (Lipinski definition) is 1. The normalized spacial score (nSPS) is 37.3. The van der Waals surface area contributed by atoms with Gasteiger partial charge in [0.25, 0.3) is 6.08 Å². The van der Waals surface area contributed by atoms with Gasteiger partial charge >= 0.3 is 0 Å². The third-order valence-electron chi connectivity index (χ3n) is 4.90. The lowest BCUT2D eigenvalue weighted by Gasteiger charge is -2.36. The molecule has 0 bridgehead atoms. The Bertz CT molecular complexity index is 270. The van der Waals surface area contributed by atoms with Crippen LogP contribution in [-0.2, 0) is 4.74 Å². The first-order chi connectivity index (χ1) is 8.69. The minimum Gasteiger partial charge on any atom is -0.381 e. The first-order valence-electron chi connectivity index (χ1n) is 7.24. The minimum atomic E-state index is -1.50. The Morgan fingerprint density at radius 2 is 1.39 bits per heavy atom. The molecular weight excluding hydrogens is 234 g/mol. The molecule has 0 aromatic carbocycles. The van der Waals surface area contributed by atoms with E-state index in [4.69, 9.17) is 4.74 Å². The Labute approximate surface area is 109 Å². The van der Waals surface area contributed by atoms with E-state index in [-0.39, 0.29) is 5.92 Å². The molecule has 0 aliphatic heterocycles. The zero-order valence-corrected chi connectivity index (χ0v) is 11.2. The van der Waals surface area contributed by atoms with Crippen LogP contribution in [0.4, 0.5) is 8.78 Å². The fourth-order valence-electron chi connectivity index (χ4n) is 3.76. The third-order valence-corrected chi connectivity index (χ3v) is 4.90. The summed E-state index contributed by atoms with van der Waals surface area (Å²) in [7, 11) is 1.80. The second-order valence-electron chi connectivity index (χ2n) is 5.90. The van der Waals surface area contributed by atoms with E-state index in [0.717, 1.165) is 43.6 Å². The smallest absolute Gasteiger partial charge is 0.266 e.